The summed E-state index contributed by atoms with van der Waals surface area (Å²) in [6.45, 7) is 7.24. The van der Waals surface area contributed by atoms with E-state index < -0.39 is 17.7 Å². The van der Waals surface area contributed by atoms with E-state index in [0.29, 0.717) is 65.7 Å². The third kappa shape index (κ3) is 6.14. The van der Waals surface area contributed by atoms with Gasteiger partial charge in [0, 0.05) is 49.5 Å². The van der Waals surface area contributed by atoms with Crippen LogP contribution in [0.3, 0.4) is 0 Å². The Bertz CT molecular complexity index is 1890. The van der Waals surface area contributed by atoms with E-state index in [1.807, 2.05) is 11.8 Å². The number of hydrogen-bond acceptors (Lipinski definition) is 10. The number of pyridine rings is 1. The summed E-state index contributed by atoms with van der Waals surface area (Å²) in [5.41, 5.74) is 0.595. The van der Waals surface area contributed by atoms with Gasteiger partial charge in [0.25, 0.3) is 0 Å². The van der Waals surface area contributed by atoms with Crippen LogP contribution in [0.2, 0.25) is 0 Å². The number of fused-ring (bicyclic) bond motifs is 3. The standard InChI is InChI=1S/C38H45F2N5O5/c1-2-27-30(39)7-6-24-15-25(46)16-28(32(24)27)34-33(40)35-29(17-41-34)36(45-12-14-49-21-26(47)19-45)43-37(42-35)50-22-38-9-3-5-31(38)44(11-4-10-38)18-23-8-13-48-20-23/h6-7,15-17,23,26,31,46-47H,2-5,8-14,18-22H2,1H3. The molecule has 0 spiro atoms. The van der Waals surface area contributed by atoms with Crippen molar-refractivity contribution in [3.63, 3.8) is 0 Å². The molecule has 4 aliphatic rings. The zero-order chi connectivity index (χ0) is 34.4. The molecule has 3 saturated heterocycles. The van der Waals surface area contributed by atoms with Gasteiger partial charge in [0.2, 0.25) is 0 Å². The highest BCUT2D eigenvalue weighted by atomic mass is 19.1. The van der Waals surface area contributed by atoms with E-state index >= 15 is 8.78 Å². The first kappa shape index (κ1) is 33.4. The van der Waals surface area contributed by atoms with Crippen LogP contribution >= 0.6 is 0 Å². The van der Waals surface area contributed by atoms with Crippen LogP contribution in [0.5, 0.6) is 11.8 Å². The summed E-state index contributed by atoms with van der Waals surface area (Å²) in [6, 6.07) is 6.36. The van der Waals surface area contributed by atoms with Crippen LogP contribution in [0.15, 0.2) is 30.5 Å². The van der Waals surface area contributed by atoms with Crippen molar-refractivity contribution in [2.45, 2.75) is 64.0 Å². The highest BCUT2D eigenvalue weighted by Crippen LogP contribution is 2.48. The average molecular weight is 690 g/mol. The number of benzene rings is 2. The van der Waals surface area contributed by atoms with Gasteiger partial charge in [-0.25, -0.2) is 8.78 Å². The van der Waals surface area contributed by atoms with Gasteiger partial charge < -0.3 is 29.3 Å². The molecule has 2 aromatic carbocycles. The molecule has 10 nitrogen and oxygen atoms in total. The number of aromatic nitrogens is 3. The summed E-state index contributed by atoms with van der Waals surface area (Å²) in [5, 5.41) is 22.7. The Labute approximate surface area is 290 Å². The van der Waals surface area contributed by atoms with Crippen LogP contribution in [-0.4, -0.2) is 101 Å². The number of ether oxygens (including phenoxy) is 3. The third-order valence-electron chi connectivity index (χ3n) is 11.4. The minimum atomic E-state index is -0.762. The van der Waals surface area contributed by atoms with Crippen molar-refractivity contribution in [1.29, 1.82) is 0 Å². The molecule has 8 rings (SSSR count). The number of piperidine rings is 1. The Balaban J connectivity index is 1.20. The van der Waals surface area contributed by atoms with E-state index in [9.17, 15) is 10.2 Å². The number of nitrogens with zero attached hydrogens (tertiary/aromatic N) is 5. The predicted octanol–water partition coefficient (Wildman–Crippen LogP) is 5.64. The SMILES string of the molecule is CCc1c(F)ccc2cc(O)cc(-c3ncc4c(N5CCOCC(O)C5)nc(OCC56CCCC5N(CC5CCOC5)CCC6)nc4c3F)c12. The van der Waals surface area contributed by atoms with E-state index in [0.717, 1.165) is 64.8 Å². The molecule has 12 heteroatoms. The number of hydrogen-bond donors (Lipinski definition) is 2. The van der Waals surface area contributed by atoms with Crippen LogP contribution in [0.4, 0.5) is 14.6 Å². The molecule has 4 unspecified atom stereocenters. The topological polar surface area (TPSA) is 113 Å². The molecule has 50 heavy (non-hydrogen) atoms. The minimum Gasteiger partial charge on any atom is -0.508 e. The molecule has 266 valence electrons. The number of phenols is 1. The first-order valence-electron chi connectivity index (χ1n) is 18.1. The van der Waals surface area contributed by atoms with Crippen LogP contribution in [-0.2, 0) is 15.9 Å². The average Bonchev–Trinajstić information content (AvgIpc) is 3.74. The van der Waals surface area contributed by atoms with E-state index in [-0.39, 0.29) is 47.1 Å². The molecule has 5 heterocycles. The maximum atomic E-state index is 17.0. The van der Waals surface area contributed by atoms with Gasteiger partial charge in [-0.1, -0.05) is 19.4 Å². The molecule has 0 radical (unpaired) electrons. The molecule has 4 atom stereocenters. The zero-order valence-corrected chi connectivity index (χ0v) is 28.5. The maximum absolute atomic E-state index is 17.0. The lowest BCUT2D eigenvalue weighted by atomic mass is 9.75. The van der Waals surface area contributed by atoms with Gasteiger partial charge >= 0.3 is 6.01 Å². The van der Waals surface area contributed by atoms with Crippen molar-refractivity contribution >= 4 is 27.5 Å². The largest absolute Gasteiger partial charge is 0.508 e. The second kappa shape index (κ2) is 13.8. The summed E-state index contributed by atoms with van der Waals surface area (Å²) < 4.78 is 49.9. The predicted molar refractivity (Wildman–Crippen MR) is 186 cm³/mol. The van der Waals surface area contributed by atoms with E-state index in [2.05, 4.69) is 14.9 Å². The van der Waals surface area contributed by atoms with Crippen molar-refractivity contribution in [1.82, 2.24) is 19.9 Å². The molecule has 4 fully saturated rings. The Morgan fingerprint density at radius 1 is 1.04 bits per heavy atom. The number of aromatic hydroxyl groups is 1. The number of phenolic OH excluding ortho intramolecular Hbond substituents is 1. The number of aliphatic hydroxyl groups is 1. The molecule has 2 aromatic heterocycles. The fourth-order valence-electron chi connectivity index (χ4n) is 9.03. The number of likely N-dealkylation sites (tertiary alicyclic amines) is 1. The van der Waals surface area contributed by atoms with Gasteiger partial charge in [-0.05, 0) is 85.5 Å². The number of aryl methyl sites for hydroxylation is 1. The minimum absolute atomic E-state index is 0.00701. The molecule has 2 N–H and O–H groups in total. The summed E-state index contributed by atoms with van der Waals surface area (Å²) in [4.78, 5) is 18.6. The van der Waals surface area contributed by atoms with E-state index in [1.165, 1.54) is 18.3 Å². The van der Waals surface area contributed by atoms with Gasteiger partial charge in [0.15, 0.2) is 5.82 Å². The highest BCUT2D eigenvalue weighted by Gasteiger charge is 2.49. The first-order chi connectivity index (χ1) is 24.3. The summed E-state index contributed by atoms with van der Waals surface area (Å²) in [6.07, 6.45) is 7.66. The first-order valence-corrected chi connectivity index (χ1v) is 18.1. The summed E-state index contributed by atoms with van der Waals surface area (Å²) in [7, 11) is 0. The van der Waals surface area contributed by atoms with Crippen molar-refractivity contribution in [2.75, 3.05) is 64.1 Å². The van der Waals surface area contributed by atoms with E-state index in [1.54, 1.807) is 12.1 Å². The summed E-state index contributed by atoms with van der Waals surface area (Å²) >= 11 is 0. The monoisotopic (exact) mass is 689 g/mol. The van der Waals surface area contributed by atoms with Crippen molar-refractivity contribution in [3.8, 4) is 23.0 Å². The Hall–Kier alpha value is -3.71. The molecule has 0 bridgehead atoms. The quantitative estimate of drug-likeness (QED) is 0.241. The molecule has 4 aromatic rings. The fourth-order valence-corrected chi connectivity index (χ4v) is 9.03. The maximum Gasteiger partial charge on any atom is 0.319 e. The Morgan fingerprint density at radius 2 is 1.90 bits per heavy atom. The van der Waals surface area contributed by atoms with Crippen molar-refractivity contribution in [2.24, 2.45) is 11.3 Å². The van der Waals surface area contributed by atoms with Crippen LogP contribution < -0.4 is 9.64 Å². The molecule has 0 amide bonds. The second-order valence-corrected chi connectivity index (χ2v) is 14.5. The third-order valence-corrected chi connectivity index (χ3v) is 11.4. The smallest absolute Gasteiger partial charge is 0.319 e. The van der Waals surface area contributed by atoms with Crippen LogP contribution in [0, 0.1) is 23.0 Å². The fraction of sp³-hybridized carbons (Fsp3) is 0.553. The molecular weight excluding hydrogens is 644 g/mol. The molecule has 3 aliphatic heterocycles. The zero-order valence-electron chi connectivity index (χ0n) is 28.5. The highest BCUT2D eigenvalue weighted by molar-refractivity contribution is 6.01. The number of halogens is 2. The van der Waals surface area contributed by atoms with Crippen molar-refractivity contribution in [3.05, 3.63) is 47.7 Å². The van der Waals surface area contributed by atoms with Gasteiger partial charge in [-0.3, -0.25) is 9.88 Å². The number of rotatable bonds is 8. The van der Waals surface area contributed by atoms with Gasteiger partial charge in [0.05, 0.1) is 37.9 Å². The number of aliphatic hydroxyl groups excluding tert-OH is 1. The number of β-amino-alcohol motifs (C(OH)–C–C–N with tert-alkyl or cyclic N) is 1. The normalized spacial score (nSPS) is 26.1. The lowest BCUT2D eigenvalue weighted by Crippen LogP contribution is -2.53. The van der Waals surface area contributed by atoms with Crippen molar-refractivity contribution < 1.29 is 33.2 Å². The Kier molecular flexibility index (Phi) is 9.22. The summed E-state index contributed by atoms with van der Waals surface area (Å²) in [5.74, 6) is -0.245. The molecule has 1 saturated carbocycles. The number of anilines is 1. The molecular formula is C38H45F2N5O5. The van der Waals surface area contributed by atoms with Crippen LogP contribution in [0.25, 0.3) is 32.9 Å². The molecule has 1 aliphatic carbocycles. The van der Waals surface area contributed by atoms with Gasteiger partial charge in [-0.15, -0.1) is 0 Å². The Morgan fingerprint density at radius 3 is 2.74 bits per heavy atom. The van der Waals surface area contributed by atoms with E-state index in [4.69, 9.17) is 19.2 Å². The van der Waals surface area contributed by atoms with Gasteiger partial charge in [-0.2, -0.15) is 9.97 Å². The van der Waals surface area contributed by atoms with Gasteiger partial charge in [0.1, 0.15) is 28.6 Å². The lowest BCUT2D eigenvalue weighted by Gasteiger charge is -2.46. The lowest BCUT2D eigenvalue weighted by molar-refractivity contribution is -0.00804. The second-order valence-electron chi connectivity index (χ2n) is 14.5. The van der Waals surface area contributed by atoms with Crippen LogP contribution in [0.1, 0.15) is 51.0 Å².